The lowest BCUT2D eigenvalue weighted by Gasteiger charge is -2.07. The van der Waals surface area contributed by atoms with E-state index >= 15 is 0 Å². The Balaban J connectivity index is 1.73. The smallest absolute Gasteiger partial charge is 0.250 e. The van der Waals surface area contributed by atoms with Crippen molar-refractivity contribution in [3.8, 4) is 11.5 Å². The van der Waals surface area contributed by atoms with E-state index in [1.165, 1.54) is 12.1 Å². The molecule has 116 valence electrons. The van der Waals surface area contributed by atoms with E-state index in [4.69, 9.17) is 10.2 Å². The van der Waals surface area contributed by atoms with Crippen LogP contribution >= 0.6 is 0 Å². The number of hydrogen-bond acceptors (Lipinski definition) is 5. The Morgan fingerprint density at radius 2 is 1.87 bits per heavy atom. The fraction of sp³-hybridized carbons (Fsp3) is 0.0625. The molecule has 0 saturated carbocycles. The molecule has 0 aliphatic rings. The van der Waals surface area contributed by atoms with Crippen LogP contribution in [0, 0.1) is 5.82 Å². The maximum Gasteiger partial charge on any atom is 0.250 e. The summed E-state index contributed by atoms with van der Waals surface area (Å²) in [6.45, 7) is 0.235. The summed E-state index contributed by atoms with van der Waals surface area (Å²) in [6, 6.07) is 12.6. The van der Waals surface area contributed by atoms with Crippen LogP contribution in [0.4, 0.5) is 10.1 Å². The Morgan fingerprint density at radius 1 is 1.13 bits per heavy atom. The predicted octanol–water partition coefficient (Wildman–Crippen LogP) is 2.59. The van der Waals surface area contributed by atoms with Crippen LogP contribution in [0.25, 0.3) is 11.5 Å². The fourth-order valence-corrected chi connectivity index (χ4v) is 2.06. The van der Waals surface area contributed by atoms with Gasteiger partial charge < -0.3 is 15.5 Å². The minimum atomic E-state index is -0.523. The van der Waals surface area contributed by atoms with Gasteiger partial charge in [0.2, 0.25) is 11.8 Å². The largest absolute Gasteiger partial charge is 0.419 e. The molecule has 1 heterocycles. The van der Waals surface area contributed by atoms with Crippen LogP contribution in [0.3, 0.4) is 0 Å². The van der Waals surface area contributed by atoms with Crippen molar-refractivity contribution in [3.05, 3.63) is 65.8 Å². The third-order valence-electron chi connectivity index (χ3n) is 3.18. The lowest BCUT2D eigenvalue weighted by molar-refractivity contribution is 0.100. The molecule has 0 fully saturated rings. The van der Waals surface area contributed by atoms with E-state index in [1.54, 1.807) is 36.4 Å². The Kier molecular flexibility index (Phi) is 4.01. The first-order valence-electron chi connectivity index (χ1n) is 6.84. The van der Waals surface area contributed by atoms with Gasteiger partial charge in [-0.05, 0) is 36.4 Å². The summed E-state index contributed by atoms with van der Waals surface area (Å²) in [5.74, 6) is -0.225. The second-order valence-corrected chi connectivity index (χ2v) is 4.77. The zero-order valence-corrected chi connectivity index (χ0v) is 12.0. The highest BCUT2D eigenvalue weighted by molar-refractivity contribution is 5.98. The van der Waals surface area contributed by atoms with Gasteiger partial charge in [-0.1, -0.05) is 12.1 Å². The first-order valence-corrected chi connectivity index (χ1v) is 6.84. The van der Waals surface area contributed by atoms with Crippen LogP contribution in [0.5, 0.6) is 0 Å². The Labute approximate surface area is 131 Å². The summed E-state index contributed by atoms with van der Waals surface area (Å²) < 4.78 is 18.4. The normalized spacial score (nSPS) is 10.5. The quantitative estimate of drug-likeness (QED) is 0.755. The first-order chi connectivity index (χ1) is 11.1. The van der Waals surface area contributed by atoms with Crippen molar-refractivity contribution in [2.75, 3.05) is 5.32 Å². The van der Waals surface area contributed by atoms with Crippen LogP contribution in [0.2, 0.25) is 0 Å². The van der Waals surface area contributed by atoms with E-state index in [1.807, 2.05) is 0 Å². The van der Waals surface area contributed by atoms with Crippen molar-refractivity contribution in [1.82, 2.24) is 10.2 Å². The minimum absolute atomic E-state index is 0.235. The molecular formula is C16H13FN4O2. The topological polar surface area (TPSA) is 94.0 Å². The van der Waals surface area contributed by atoms with Gasteiger partial charge >= 0.3 is 0 Å². The molecule has 23 heavy (non-hydrogen) atoms. The van der Waals surface area contributed by atoms with Crippen molar-refractivity contribution in [2.45, 2.75) is 6.54 Å². The van der Waals surface area contributed by atoms with E-state index in [-0.39, 0.29) is 12.4 Å². The van der Waals surface area contributed by atoms with Crippen LogP contribution in [0.1, 0.15) is 16.2 Å². The molecule has 0 aliphatic carbocycles. The number of benzene rings is 2. The first kappa shape index (κ1) is 14.7. The van der Waals surface area contributed by atoms with E-state index < -0.39 is 5.91 Å². The summed E-state index contributed by atoms with van der Waals surface area (Å²) in [7, 11) is 0. The predicted molar refractivity (Wildman–Crippen MR) is 82.0 cm³/mol. The molecule has 0 atom stereocenters. The highest BCUT2D eigenvalue weighted by Crippen LogP contribution is 2.19. The summed E-state index contributed by atoms with van der Waals surface area (Å²) in [5, 5.41) is 10.9. The Hall–Kier alpha value is -3.22. The number of amides is 1. The number of primary amides is 1. The number of carbonyl (C=O) groups excluding carboxylic acids is 1. The van der Waals surface area contributed by atoms with Crippen molar-refractivity contribution in [1.29, 1.82) is 0 Å². The molecule has 6 nitrogen and oxygen atoms in total. The fourth-order valence-electron chi connectivity index (χ4n) is 2.06. The lowest BCUT2D eigenvalue weighted by atomic mass is 10.1. The summed E-state index contributed by atoms with van der Waals surface area (Å²) in [4.78, 5) is 11.3. The highest BCUT2D eigenvalue weighted by atomic mass is 19.1. The molecule has 1 amide bonds. The van der Waals surface area contributed by atoms with Gasteiger partial charge in [0.1, 0.15) is 5.82 Å². The molecule has 0 radical (unpaired) electrons. The van der Waals surface area contributed by atoms with Crippen LogP contribution in [0.15, 0.2) is 52.9 Å². The molecule has 3 rings (SSSR count). The van der Waals surface area contributed by atoms with Gasteiger partial charge in [-0.15, -0.1) is 10.2 Å². The average molecular weight is 312 g/mol. The number of nitrogens with two attached hydrogens (primary N) is 1. The van der Waals surface area contributed by atoms with E-state index in [0.29, 0.717) is 28.6 Å². The van der Waals surface area contributed by atoms with Crippen LogP contribution in [-0.2, 0) is 6.54 Å². The zero-order chi connectivity index (χ0) is 16.2. The molecule has 0 bridgehead atoms. The second kappa shape index (κ2) is 6.27. The van der Waals surface area contributed by atoms with Gasteiger partial charge in [-0.2, -0.15) is 0 Å². The number of nitrogens with zero attached hydrogens (tertiary/aromatic N) is 2. The van der Waals surface area contributed by atoms with Gasteiger partial charge in [-0.25, -0.2) is 4.39 Å². The van der Waals surface area contributed by atoms with Crippen molar-refractivity contribution in [2.24, 2.45) is 5.73 Å². The van der Waals surface area contributed by atoms with Crippen molar-refractivity contribution >= 4 is 11.6 Å². The molecular weight excluding hydrogens is 299 g/mol. The SMILES string of the molecule is NC(=O)c1ccccc1NCc1nnc(-c2ccc(F)cc2)o1. The van der Waals surface area contributed by atoms with Gasteiger partial charge in [0.05, 0.1) is 12.1 Å². The summed E-state index contributed by atoms with van der Waals surface area (Å²) in [5.41, 5.74) is 6.91. The number of halogens is 1. The number of aromatic nitrogens is 2. The molecule has 0 unspecified atom stereocenters. The molecule has 0 spiro atoms. The Morgan fingerprint density at radius 3 is 2.61 bits per heavy atom. The number of para-hydroxylation sites is 1. The number of nitrogens with one attached hydrogen (secondary N) is 1. The van der Waals surface area contributed by atoms with Crippen LogP contribution < -0.4 is 11.1 Å². The van der Waals surface area contributed by atoms with Crippen molar-refractivity contribution < 1.29 is 13.6 Å². The second-order valence-electron chi connectivity index (χ2n) is 4.77. The standard InChI is InChI=1S/C16H13FN4O2/c17-11-7-5-10(6-8-11)16-21-20-14(23-16)9-19-13-4-2-1-3-12(13)15(18)22/h1-8,19H,9H2,(H2,18,22). The summed E-state index contributed by atoms with van der Waals surface area (Å²) >= 11 is 0. The van der Waals surface area contributed by atoms with Crippen LogP contribution in [-0.4, -0.2) is 16.1 Å². The molecule has 1 aromatic heterocycles. The monoisotopic (exact) mass is 312 g/mol. The van der Waals surface area contributed by atoms with Gasteiger partial charge in [0.15, 0.2) is 0 Å². The minimum Gasteiger partial charge on any atom is -0.419 e. The van der Waals surface area contributed by atoms with E-state index in [9.17, 15) is 9.18 Å². The number of hydrogen-bond donors (Lipinski definition) is 2. The van der Waals surface area contributed by atoms with E-state index in [2.05, 4.69) is 15.5 Å². The number of carbonyl (C=O) groups is 1. The van der Waals surface area contributed by atoms with Gasteiger partial charge in [0, 0.05) is 11.3 Å². The van der Waals surface area contributed by atoms with Gasteiger partial charge in [0.25, 0.3) is 5.91 Å². The Bertz CT molecular complexity index is 830. The summed E-state index contributed by atoms with van der Waals surface area (Å²) in [6.07, 6.45) is 0. The maximum absolute atomic E-state index is 12.9. The molecule has 2 aromatic carbocycles. The van der Waals surface area contributed by atoms with E-state index in [0.717, 1.165) is 0 Å². The molecule has 3 aromatic rings. The molecule has 7 heteroatoms. The van der Waals surface area contributed by atoms with Gasteiger partial charge in [-0.3, -0.25) is 4.79 Å². The average Bonchev–Trinajstić information content (AvgIpc) is 3.03. The maximum atomic E-state index is 12.9. The lowest BCUT2D eigenvalue weighted by Crippen LogP contribution is -2.14. The zero-order valence-electron chi connectivity index (χ0n) is 12.0. The van der Waals surface area contributed by atoms with Crippen molar-refractivity contribution in [3.63, 3.8) is 0 Å². The third-order valence-corrected chi connectivity index (χ3v) is 3.18. The third kappa shape index (κ3) is 3.34. The molecule has 0 saturated heterocycles. The highest BCUT2D eigenvalue weighted by Gasteiger charge is 2.11. The number of anilines is 1. The molecule has 0 aliphatic heterocycles. The number of rotatable bonds is 5. The molecule has 3 N–H and O–H groups in total.